The minimum absolute atomic E-state index is 1.04. The fourth-order valence-corrected chi connectivity index (χ4v) is 2.31. The van der Waals surface area contributed by atoms with E-state index in [1.54, 1.807) is 0 Å². The fraction of sp³-hybridized carbons (Fsp3) is 0. The third kappa shape index (κ3) is 3.97. The lowest BCUT2D eigenvalue weighted by molar-refractivity contribution is 1.60. The molecular formula is C16H12Br2. The number of halogens is 2. The van der Waals surface area contributed by atoms with Gasteiger partial charge in [-0.3, -0.25) is 0 Å². The second kappa shape index (κ2) is 6.72. The van der Waals surface area contributed by atoms with Crippen molar-refractivity contribution in [2.24, 2.45) is 0 Å². The minimum Gasteiger partial charge on any atom is -0.0622 e. The highest BCUT2D eigenvalue weighted by molar-refractivity contribution is 9.12. The first-order chi connectivity index (χ1) is 8.75. The Morgan fingerprint density at radius 3 is 2.28 bits per heavy atom. The molecule has 0 radical (unpaired) electrons. The van der Waals surface area contributed by atoms with E-state index in [0.29, 0.717) is 0 Å². The van der Waals surface area contributed by atoms with Gasteiger partial charge in [0.2, 0.25) is 0 Å². The van der Waals surface area contributed by atoms with Crippen LogP contribution in [0.4, 0.5) is 0 Å². The van der Waals surface area contributed by atoms with Crippen molar-refractivity contribution in [2.45, 2.75) is 0 Å². The van der Waals surface area contributed by atoms with Gasteiger partial charge in [0.25, 0.3) is 0 Å². The van der Waals surface area contributed by atoms with Crippen LogP contribution in [-0.2, 0) is 0 Å². The van der Waals surface area contributed by atoms with Gasteiger partial charge >= 0.3 is 0 Å². The second-order valence-corrected chi connectivity index (χ2v) is 5.56. The number of allylic oxidation sites excluding steroid dienone is 2. The maximum absolute atomic E-state index is 3.56. The maximum Gasteiger partial charge on any atom is 0.0248 e. The van der Waals surface area contributed by atoms with E-state index >= 15 is 0 Å². The standard InChI is InChI=1S/C16H12Br2/c17-15(11-10-13-6-2-1-3-7-13)12-14-8-4-5-9-16(14)18/h1-12H/b11-10+,15-12-. The minimum atomic E-state index is 1.04. The van der Waals surface area contributed by atoms with Gasteiger partial charge in [0, 0.05) is 8.96 Å². The Hall–Kier alpha value is -1.12. The zero-order chi connectivity index (χ0) is 12.8. The molecule has 0 amide bonds. The van der Waals surface area contributed by atoms with Gasteiger partial charge in [-0.05, 0) is 29.3 Å². The molecule has 0 aliphatic heterocycles. The summed E-state index contributed by atoms with van der Waals surface area (Å²) in [5.74, 6) is 0. The first-order valence-corrected chi connectivity index (χ1v) is 7.19. The monoisotopic (exact) mass is 362 g/mol. The van der Waals surface area contributed by atoms with Gasteiger partial charge in [-0.2, -0.15) is 0 Å². The molecule has 0 aliphatic rings. The van der Waals surface area contributed by atoms with Crippen molar-refractivity contribution in [3.8, 4) is 0 Å². The molecule has 2 heteroatoms. The van der Waals surface area contributed by atoms with Crippen LogP contribution in [0.3, 0.4) is 0 Å². The molecular weight excluding hydrogens is 352 g/mol. The number of rotatable bonds is 3. The van der Waals surface area contributed by atoms with Crippen molar-refractivity contribution in [3.63, 3.8) is 0 Å². The highest BCUT2D eigenvalue weighted by atomic mass is 79.9. The van der Waals surface area contributed by atoms with E-state index in [-0.39, 0.29) is 0 Å². The molecule has 2 aromatic carbocycles. The molecule has 2 rings (SSSR count). The van der Waals surface area contributed by atoms with Crippen molar-refractivity contribution in [1.82, 2.24) is 0 Å². The Morgan fingerprint density at radius 1 is 0.889 bits per heavy atom. The Labute approximate surface area is 124 Å². The molecule has 0 saturated carbocycles. The van der Waals surface area contributed by atoms with Gasteiger partial charge in [0.1, 0.15) is 0 Å². The average Bonchev–Trinajstić information content (AvgIpc) is 2.40. The van der Waals surface area contributed by atoms with Crippen molar-refractivity contribution in [1.29, 1.82) is 0 Å². The van der Waals surface area contributed by atoms with Gasteiger partial charge in [-0.15, -0.1) is 0 Å². The van der Waals surface area contributed by atoms with Gasteiger partial charge < -0.3 is 0 Å². The molecule has 2 aromatic rings. The van der Waals surface area contributed by atoms with Crippen LogP contribution in [0.15, 0.2) is 69.6 Å². The lowest BCUT2D eigenvalue weighted by Gasteiger charge is -1.98. The number of benzene rings is 2. The van der Waals surface area contributed by atoms with Crippen LogP contribution in [0.5, 0.6) is 0 Å². The maximum atomic E-state index is 3.56. The lowest BCUT2D eigenvalue weighted by Crippen LogP contribution is -1.75. The second-order valence-electron chi connectivity index (χ2n) is 3.79. The van der Waals surface area contributed by atoms with Crippen LogP contribution >= 0.6 is 31.9 Å². The summed E-state index contributed by atoms with van der Waals surface area (Å²) in [4.78, 5) is 0. The molecule has 90 valence electrons. The molecule has 0 fully saturated rings. The molecule has 0 aromatic heterocycles. The summed E-state index contributed by atoms with van der Waals surface area (Å²) < 4.78 is 2.13. The summed E-state index contributed by atoms with van der Waals surface area (Å²) in [7, 11) is 0. The SMILES string of the molecule is BrC(=C\c1ccccc1Br)/C=C/c1ccccc1. The first-order valence-electron chi connectivity index (χ1n) is 5.60. The summed E-state index contributed by atoms with van der Waals surface area (Å²) in [6.45, 7) is 0. The van der Waals surface area contributed by atoms with Crippen molar-refractivity contribution >= 4 is 44.0 Å². The van der Waals surface area contributed by atoms with Crippen molar-refractivity contribution < 1.29 is 0 Å². The molecule has 0 atom stereocenters. The van der Waals surface area contributed by atoms with E-state index in [2.05, 4.69) is 68.3 Å². The largest absolute Gasteiger partial charge is 0.0622 e. The summed E-state index contributed by atoms with van der Waals surface area (Å²) in [5.41, 5.74) is 2.34. The Bertz CT molecular complexity index is 569. The molecule has 0 unspecified atom stereocenters. The van der Waals surface area contributed by atoms with E-state index in [4.69, 9.17) is 0 Å². The molecule has 0 N–H and O–H groups in total. The Balaban J connectivity index is 2.15. The van der Waals surface area contributed by atoms with Gasteiger partial charge in [0.15, 0.2) is 0 Å². The molecule has 0 bridgehead atoms. The summed E-state index contributed by atoms with van der Waals surface area (Å²) in [6, 6.07) is 18.4. The smallest absolute Gasteiger partial charge is 0.0248 e. The number of hydrogen-bond acceptors (Lipinski definition) is 0. The fourth-order valence-electron chi connectivity index (χ4n) is 1.53. The third-order valence-electron chi connectivity index (χ3n) is 2.43. The summed E-state index contributed by atoms with van der Waals surface area (Å²) >= 11 is 7.09. The molecule has 18 heavy (non-hydrogen) atoms. The van der Waals surface area contributed by atoms with Crippen LogP contribution in [0.2, 0.25) is 0 Å². The van der Waals surface area contributed by atoms with E-state index in [0.717, 1.165) is 14.5 Å². The van der Waals surface area contributed by atoms with E-state index < -0.39 is 0 Å². The van der Waals surface area contributed by atoms with E-state index in [1.165, 1.54) is 5.56 Å². The molecule has 0 aliphatic carbocycles. The van der Waals surface area contributed by atoms with Crippen LogP contribution < -0.4 is 0 Å². The predicted molar refractivity (Wildman–Crippen MR) is 86.5 cm³/mol. The van der Waals surface area contributed by atoms with Gasteiger partial charge in [0.05, 0.1) is 0 Å². The first kappa shape index (κ1) is 13.3. The molecule has 0 saturated heterocycles. The van der Waals surface area contributed by atoms with Crippen molar-refractivity contribution in [2.75, 3.05) is 0 Å². The summed E-state index contributed by atoms with van der Waals surface area (Å²) in [6.07, 6.45) is 6.22. The topological polar surface area (TPSA) is 0 Å². The van der Waals surface area contributed by atoms with E-state index in [1.807, 2.05) is 36.4 Å². The van der Waals surface area contributed by atoms with Gasteiger partial charge in [-0.1, -0.05) is 86.5 Å². The zero-order valence-electron chi connectivity index (χ0n) is 9.68. The molecule has 0 heterocycles. The predicted octanol–water partition coefficient (Wildman–Crippen LogP) is 5.90. The normalized spacial score (nSPS) is 12.0. The summed E-state index contributed by atoms with van der Waals surface area (Å²) in [5, 5.41) is 0. The number of hydrogen-bond donors (Lipinski definition) is 0. The van der Waals surface area contributed by atoms with Crippen LogP contribution in [-0.4, -0.2) is 0 Å². The Morgan fingerprint density at radius 2 is 1.56 bits per heavy atom. The lowest BCUT2D eigenvalue weighted by atomic mass is 10.2. The Kier molecular flexibility index (Phi) is 4.97. The van der Waals surface area contributed by atoms with Gasteiger partial charge in [-0.25, -0.2) is 0 Å². The van der Waals surface area contributed by atoms with Crippen LogP contribution in [0.1, 0.15) is 11.1 Å². The quantitative estimate of drug-likeness (QED) is 0.595. The van der Waals surface area contributed by atoms with E-state index in [9.17, 15) is 0 Å². The third-order valence-corrected chi connectivity index (χ3v) is 3.65. The molecule has 0 spiro atoms. The van der Waals surface area contributed by atoms with Crippen molar-refractivity contribution in [3.05, 3.63) is 80.8 Å². The highest BCUT2D eigenvalue weighted by Gasteiger charge is 1.94. The zero-order valence-corrected chi connectivity index (χ0v) is 12.9. The molecule has 0 nitrogen and oxygen atoms in total. The van der Waals surface area contributed by atoms with Crippen LogP contribution in [0, 0.1) is 0 Å². The average molecular weight is 364 g/mol. The highest BCUT2D eigenvalue weighted by Crippen LogP contribution is 2.21. The van der Waals surface area contributed by atoms with Crippen LogP contribution in [0.25, 0.3) is 12.2 Å².